The molecule has 3 aromatic rings. The molecule has 202 valence electrons. The maximum Gasteiger partial charge on any atom is 0.430 e. The largest absolute Gasteiger partial charge is 0.458 e. The van der Waals surface area contributed by atoms with E-state index in [1.165, 1.54) is 0 Å². The van der Waals surface area contributed by atoms with Gasteiger partial charge in [0.15, 0.2) is 0 Å². The number of rotatable bonds is 6. The Labute approximate surface area is 226 Å². The van der Waals surface area contributed by atoms with Crippen molar-refractivity contribution in [2.75, 3.05) is 0 Å². The molecule has 9 heteroatoms. The van der Waals surface area contributed by atoms with Gasteiger partial charge in [-0.1, -0.05) is 84.9 Å². The van der Waals surface area contributed by atoms with Gasteiger partial charge in [-0.3, -0.25) is 4.79 Å². The summed E-state index contributed by atoms with van der Waals surface area (Å²) in [6.07, 6.45) is -2.40. The number of ketones is 1. The van der Waals surface area contributed by atoms with Crippen molar-refractivity contribution < 1.29 is 33.4 Å². The number of nitrogens with zero attached hydrogens (tertiary/aromatic N) is 1. The summed E-state index contributed by atoms with van der Waals surface area (Å²) in [5.41, 5.74) is 1.21. The molecule has 3 aromatic carbocycles. The van der Waals surface area contributed by atoms with E-state index >= 15 is 0 Å². The van der Waals surface area contributed by atoms with Gasteiger partial charge in [-0.2, -0.15) is 5.01 Å². The van der Waals surface area contributed by atoms with Crippen molar-refractivity contribution in [2.24, 2.45) is 0 Å². The van der Waals surface area contributed by atoms with Crippen LogP contribution in [-0.4, -0.2) is 40.1 Å². The number of hydrazine groups is 1. The first-order valence-corrected chi connectivity index (χ1v) is 12.4. The van der Waals surface area contributed by atoms with Crippen LogP contribution < -0.4 is 5.43 Å². The number of ether oxygens (including phenoxy) is 3. The third-order valence-corrected chi connectivity index (χ3v) is 6.01. The minimum Gasteiger partial charge on any atom is -0.458 e. The lowest BCUT2D eigenvalue weighted by Crippen LogP contribution is -2.68. The maximum atomic E-state index is 13.9. The number of carbonyl (C=O) groups is 4. The molecule has 0 saturated carbocycles. The molecule has 9 nitrogen and oxygen atoms in total. The van der Waals surface area contributed by atoms with Gasteiger partial charge in [0.1, 0.15) is 18.8 Å². The van der Waals surface area contributed by atoms with Crippen molar-refractivity contribution in [3.63, 3.8) is 0 Å². The molecule has 1 N–H and O–H groups in total. The fourth-order valence-corrected chi connectivity index (χ4v) is 4.20. The zero-order chi connectivity index (χ0) is 28.0. The molecule has 4 rings (SSSR count). The lowest BCUT2D eigenvalue weighted by atomic mass is 9.93. The van der Waals surface area contributed by atoms with Crippen LogP contribution in [-0.2, 0) is 38.6 Å². The monoisotopic (exact) mass is 530 g/mol. The van der Waals surface area contributed by atoms with Gasteiger partial charge in [0, 0.05) is 12.0 Å². The van der Waals surface area contributed by atoms with E-state index in [-0.39, 0.29) is 25.2 Å². The predicted molar refractivity (Wildman–Crippen MR) is 141 cm³/mol. The average Bonchev–Trinajstić information content (AvgIpc) is 3.22. The quantitative estimate of drug-likeness (QED) is 0.207. The van der Waals surface area contributed by atoms with Crippen molar-refractivity contribution in [2.45, 2.75) is 51.5 Å². The van der Waals surface area contributed by atoms with E-state index in [1.54, 1.807) is 93.6 Å². The summed E-state index contributed by atoms with van der Waals surface area (Å²) in [6.45, 7) is 4.66. The zero-order valence-corrected chi connectivity index (χ0v) is 22.0. The summed E-state index contributed by atoms with van der Waals surface area (Å²) in [5, 5.41) is 0.611. The lowest BCUT2D eigenvalue weighted by Gasteiger charge is -2.37. The van der Waals surface area contributed by atoms with Crippen LogP contribution in [0.3, 0.4) is 0 Å². The first-order chi connectivity index (χ1) is 18.6. The fraction of sp³-hybridized carbons (Fsp3) is 0.267. The molecule has 0 aromatic heterocycles. The molecule has 0 aliphatic heterocycles. The van der Waals surface area contributed by atoms with Crippen molar-refractivity contribution in [1.82, 2.24) is 10.4 Å². The van der Waals surface area contributed by atoms with Crippen LogP contribution in [0.2, 0.25) is 0 Å². The van der Waals surface area contributed by atoms with Crippen LogP contribution in [0.5, 0.6) is 0 Å². The van der Waals surface area contributed by atoms with E-state index in [1.807, 2.05) is 12.1 Å². The predicted octanol–water partition coefficient (Wildman–Crippen LogP) is 4.99. The first kappa shape index (κ1) is 27.4. The lowest BCUT2D eigenvalue weighted by molar-refractivity contribution is -0.166. The standard InChI is InChI=1S/C30H30N2O7/c1-29(2,3)39-26(34)30(18-23-16-10-11-17-24(23)25(30)33)32(28(36)38-20-22-14-8-5-9-15-22)31-27(35)37-19-21-12-6-4-7-13-21/h4-17H,18-20H2,1-3H3,(H,31,35)/t30-/m1/s1. The normalized spacial score (nSPS) is 16.1. The van der Waals surface area contributed by atoms with Crippen LogP contribution in [0, 0.1) is 0 Å². The summed E-state index contributed by atoms with van der Waals surface area (Å²) in [6, 6.07) is 24.4. The number of hydrogen-bond donors (Lipinski definition) is 1. The second-order valence-electron chi connectivity index (χ2n) is 10.1. The molecule has 0 radical (unpaired) electrons. The smallest absolute Gasteiger partial charge is 0.430 e. The topological polar surface area (TPSA) is 111 Å². The Morgan fingerprint density at radius 3 is 1.92 bits per heavy atom. The molecule has 0 fully saturated rings. The fourth-order valence-electron chi connectivity index (χ4n) is 4.20. The van der Waals surface area contributed by atoms with Gasteiger partial charge in [-0.15, -0.1) is 0 Å². The molecular weight excluding hydrogens is 500 g/mol. The minimum absolute atomic E-state index is 0.104. The van der Waals surface area contributed by atoms with E-state index in [0.29, 0.717) is 21.7 Å². The van der Waals surface area contributed by atoms with Gasteiger partial charge >= 0.3 is 18.2 Å². The third-order valence-electron chi connectivity index (χ3n) is 6.01. The highest BCUT2D eigenvalue weighted by Gasteiger charge is 2.61. The summed E-state index contributed by atoms with van der Waals surface area (Å²) in [5.74, 6) is -1.71. The van der Waals surface area contributed by atoms with Crippen molar-refractivity contribution in [3.8, 4) is 0 Å². The molecule has 0 spiro atoms. The number of amides is 2. The van der Waals surface area contributed by atoms with Crippen LogP contribution in [0.25, 0.3) is 0 Å². The van der Waals surface area contributed by atoms with Crippen LogP contribution in [0.15, 0.2) is 84.9 Å². The number of esters is 1. The van der Waals surface area contributed by atoms with Gasteiger partial charge in [-0.05, 0) is 37.5 Å². The van der Waals surface area contributed by atoms with E-state index in [0.717, 1.165) is 0 Å². The second kappa shape index (κ2) is 11.4. The number of fused-ring (bicyclic) bond motifs is 1. The summed E-state index contributed by atoms with van der Waals surface area (Å²) >= 11 is 0. The SMILES string of the molecule is CC(C)(C)OC(=O)[C@@]1(N(NC(=O)OCc2ccccc2)C(=O)OCc2ccccc2)Cc2ccccc2C1=O. The van der Waals surface area contributed by atoms with Gasteiger partial charge in [-0.25, -0.2) is 19.8 Å². The Morgan fingerprint density at radius 1 is 0.821 bits per heavy atom. The van der Waals surface area contributed by atoms with Crippen molar-refractivity contribution >= 4 is 23.9 Å². The Kier molecular flexibility index (Phi) is 7.99. The van der Waals surface area contributed by atoms with Crippen LogP contribution >= 0.6 is 0 Å². The van der Waals surface area contributed by atoms with Gasteiger partial charge in [0.25, 0.3) is 0 Å². The van der Waals surface area contributed by atoms with Crippen molar-refractivity contribution in [1.29, 1.82) is 0 Å². The Balaban J connectivity index is 1.68. The zero-order valence-electron chi connectivity index (χ0n) is 22.0. The number of benzene rings is 3. The highest BCUT2D eigenvalue weighted by molar-refractivity contribution is 6.21. The first-order valence-electron chi connectivity index (χ1n) is 12.4. The number of Topliss-reactive ketones (excluding diaryl/α,β-unsaturated/α-hetero) is 1. The highest BCUT2D eigenvalue weighted by Crippen LogP contribution is 2.37. The number of carbonyl (C=O) groups excluding carboxylic acids is 4. The molecule has 0 bridgehead atoms. The van der Waals surface area contributed by atoms with E-state index < -0.39 is 35.1 Å². The van der Waals surface area contributed by atoms with Gasteiger partial charge < -0.3 is 14.2 Å². The maximum absolute atomic E-state index is 13.9. The Morgan fingerprint density at radius 2 is 1.36 bits per heavy atom. The molecule has 1 atom stereocenters. The van der Waals surface area contributed by atoms with Gasteiger partial charge in [0.2, 0.25) is 11.3 Å². The molecule has 39 heavy (non-hydrogen) atoms. The molecule has 1 aliphatic carbocycles. The van der Waals surface area contributed by atoms with E-state index in [4.69, 9.17) is 14.2 Å². The molecule has 1 aliphatic rings. The summed E-state index contributed by atoms with van der Waals surface area (Å²) in [4.78, 5) is 54.1. The molecule has 0 saturated heterocycles. The number of nitrogens with one attached hydrogen (secondary N) is 1. The molecular formula is C30H30N2O7. The van der Waals surface area contributed by atoms with Gasteiger partial charge in [0.05, 0.1) is 0 Å². The average molecular weight is 531 g/mol. The number of hydrogen-bond acceptors (Lipinski definition) is 7. The Hall–Kier alpha value is -4.66. The third kappa shape index (κ3) is 6.26. The Bertz CT molecular complexity index is 1350. The molecule has 2 amide bonds. The van der Waals surface area contributed by atoms with E-state index in [2.05, 4.69) is 5.43 Å². The van der Waals surface area contributed by atoms with Crippen molar-refractivity contribution in [3.05, 3.63) is 107 Å². The highest BCUT2D eigenvalue weighted by atomic mass is 16.6. The van der Waals surface area contributed by atoms with E-state index in [9.17, 15) is 19.2 Å². The minimum atomic E-state index is -2.25. The summed E-state index contributed by atoms with van der Waals surface area (Å²) < 4.78 is 16.4. The van der Waals surface area contributed by atoms with Crippen LogP contribution in [0.4, 0.5) is 9.59 Å². The second-order valence-corrected chi connectivity index (χ2v) is 10.1. The van der Waals surface area contributed by atoms with Crippen LogP contribution in [0.1, 0.15) is 47.8 Å². The summed E-state index contributed by atoms with van der Waals surface area (Å²) in [7, 11) is 0. The molecule has 0 heterocycles. The molecule has 0 unspecified atom stereocenters.